The zero-order chi connectivity index (χ0) is 11.3. The van der Waals surface area contributed by atoms with Gasteiger partial charge in [-0.1, -0.05) is 0 Å². The highest BCUT2D eigenvalue weighted by molar-refractivity contribution is 6.06. The van der Waals surface area contributed by atoms with E-state index in [4.69, 9.17) is 4.74 Å². The molecule has 1 rings (SSSR count). The van der Waals surface area contributed by atoms with Crippen LogP contribution in [0, 0.1) is 10.1 Å². The Kier molecular flexibility index (Phi) is 3.56. The summed E-state index contributed by atoms with van der Waals surface area (Å²) in [5.74, 6) is 0. The van der Waals surface area contributed by atoms with E-state index in [2.05, 4.69) is 0 Å². The topological polar surface area (TPSA) is 69.4 Å². The van der Waals surface area contributed by atoms with E-state index in [-0.39, 0.29) is 5.69 Å². The number of allylic oxidation sites excluding steroid dienone is 1. The van der Waals surface area contributed by atoms with Crippen LogP contribution in [0.5, 0.6) is 0 Å². The largest absolute Gasteiger partial charge is 0.504 e. The van der Waals surface area contributed by atoms with Crippen LogP contribution in [0.2, 0.25) is 0 Å². The summed E-state index contributed by atoms with van der Waals surface area (Å²) in [6.07, 6.45) is 1.92. The SMILES string of the molecule is CO/C=C(\C=O)c1ccc([N+](=O)[O-])cc1. The van der Waals surface area contributed by atoms with Gasteiger partial charge in [0.15, 0.2) is 6.29 Å². The lowest BCUT2D eigenvalue weighted by Gasteiger charge is -1.99. The zero-order valence-electron chi connectivity index (χ0n) is 8.04. The van der Waals surface area contributed by atoms with E-state index in [0.717, 1.165) is 0 Å². The molecule has 0 amide bonds. The number of rotatable bonds is 4. The minimum absolute atomic E-state index is 0.0126. The maximum absolute atomic E-state index is 10.6. The Morgan fingerprint density at radius 2 is 2.00 bits per heavy atom. The monoisotopic (exact) mass is 207 g/mol. The van der Waals surface area contributed by atoms with Crippen LogP contribution >= 0.6 is 0 Å². The van der Waals surface area contributed by atoms with Gasteiger partial charge in [0.2, 0.25) is 0 Å². The quantitative estimate of drug-likeness (QED) is 0.248. The molecule has 0 heterocycles. The number of nitro groups is 1. The van der Waals surface area contributed by atoms with Crippen molar-refractivity contribution in [3.05, 3.63) is 46.2 Å². The molecule has 0 aromatic heterocycles. The van der Waals surface area contributed by atoms with Crippen LogP contribution < -0.4 is 0 Å². The first-order valence-corrected chi connectivity index (χ1v) is 4.12. The molecule has 0 atom stereocenters. The van der Waals surface area contributed by atoms with Gasteiger partial charge in [-0.3, -0.25) is 14.9 Å². The normalized spacial score (nSPS) is 10.9. The van der Waals surface area contributed by atoms with Crippen molar-refractivity contribution in [1.29, 1.82) is 0 Å². The molecule has 15 heavy (non-hydrogen) atoms. The first kappa shape index (κ1) is 10.9. The third-order valence-corrected chi connectivity index (χ3v) is 1.78. The van der Waals surface area contributed by atoms with Gasteiger partial charge in [0, 0.05) is 12.1 Å². The number of non-ortho nitro benzene ring substituents is 1. The number of aldehydes is 1. The average molecular weight is 207 g/mol. The number of benzene rings is 1. The third-order valence-electron chi connectivity index (χ3n) is 1.78. The standard InChI is InChI=1S/C10H9NO4/c1-15-7-9(6-12)8-2-4-10(5-3-8)11(13)14/h2-7H,1H3/b9-7+. The van der Waals surface area contributed by atoms with Gasteiger partial charge in [-0.15, -0.1) is 0 Å². The van der Waals surface area contributed by atoms with E-state index in [0.29, 0.717) is 17.4 Å². The lowest BCUT2D eigenvalue weighted by atomic mass is 10.1. The molecule has 0 radical (unpaired) electrons. The molecule has 78 valence electrons. The molecule has 0 spiro atoms. The van der Waals surface area contributed by atoms with Crippen LogP contribution in [0.25, 0.3) is 5.57 Å². The first-order chi connectivity index (χ1) is 7.19. The predicted octanol–water partition coefficient (Wildman–Crippen LogP) is 1.78. The number of carbonyl (C=O) groups is 1. The lowest BCUT2D eigenvalue weighted by Crippen LogP contribution is -1.90. The highest BCUT2D eigenvalue weighted by atomic mass is 16.6. The molecule has 0 bridgehead atoms. The molecular formula is C10H9NO4. The predicted molar refractivity (Wildman–Crippen MR) is 54.1 cm³/mol. The lowest BCUT2D eigenvalue weighted by molar-refractivity contribution is -0.384. The van der Waals surface area contributed by atoms with Crippen molar-refractivity contribution < 1.29 is 14.5 Å². The Bertz CT molecular complexity index is 394. The minimum Gasteiger partial charge on any atom is -0.504 e. The number of ether oxygens (including phenoxy) is 1. The van der Waals surface area contributed by atoms with Gasteiger partial charge in [0.25, 0.3) is 5.69 Å². The number of nitrogens with zero attached hydrogens (tertiary/aromatic N) is 1. The van der Waals surface area contributed by atoms with Gasteiger partial charge in [0.1, 0.15) is 0 Å². The molecule has 0 saturated carbocycles. The first-order valence-electron chi connectivity index (χ1n) is 4.12. The van der Waals surface area contributed by atoms with E-state index >= 15 is 0 Å². The maximum atomic E-state index is 10.6. The second kappa shape index (κ2) is 4.90. The molecule has 0 fully saturated rings. The molecule has 0 aliphatic carbocycles. The van der Waals surface area contributed by atoms with Crippen molar-refractivity contribution in [2.75, 3.05) is 7.11 Å². The summed E-state index contributed by atoms with van der Waals surface area (Å²) in [5.41, 5.74) is 0.909. The van der Waals surface area contributed by atoms with E-state index in [1.165, 1.54) is 37.6 Å². The summed E-state index contributed by atoms with van der Waals surface area (Å²) < 4.78 is 4.70. The molecule has 5 nitrogen and oxygen atoms in total. The molecular weight excluding hydrogens is 198 g/mol. The van der Waals surface area contributed by atoms with Gasteiger partial charge >= 0.3 is 0 Å². The summed E-state index contributed by atoms with van der Waals surface area (Å²) in [6.45, 7) is 0. The van der Waals surface area contributed by atoms with Gasteiger partial charge in [0.05, 0.1) is 23.9 Å². The van der Waals surface area contributed by atoms with Gasteiger partial charge in [-0.2, -0.15) is 0 Å². The Morgan fingerprint density at radius 3 is 2.40 bits per heavy atom. The van der Waals surface area contributed by atoms with Gasteiger partial charge in [-0.05, 0) is 17.7 Å². The van der Waals surface area contributed by atoms with Gasteiger partial charge < -0.3 is 4.74 Å². The van der Waals surface area contributed by atoms with Crippen molar-refractivity contribution in [3.63, 3.8) is 0 Å². The van der Waals surface area contributed by atoms with Crippen molar-refractivity contribution in [2.45, 2.75) is 0 Å². The highest BCUT2D eigenvalue weighted by Crippen LogP contribution is 2.17. The molecule has 0 unspecified atom stereocenters. The summed E-state index contributed by atoms with van der Waals surface area (Å²) in [7, 11) is 1.43. The summed E-state index contributed by atoms with van der Waals surface area (Å²) in [4.78, 5) is 20.5. The Labute approximate surface area is 86.1 Å². The summed E-state index contributed by atoms with van der Waals surface area (Å²) in [6, 6.07) is 5.67. The van der Waals surface area contributed by atoms with Crippen LogP contribution in [0.4, 0.5) is 5.69 Å². The Balaban J connectivity index is 3.02. The highest BCUT2D eigenvalue weighted by Gasteiger charge is 2.06. The fourth-order valence-electron chi connectivity index (χ4n) is 1.07. The van der Waals surface area contributed by atoms with Crippen molar-refractivity contribution in [2.24, 2.45) is 0 Å². The van der Waals surface area contributed by atoms with Crippen molar-refractivity contribution >= 4 is 17.5 Å². The van der Waals surface area contributed by atoms with Crippen molar-refractivity contribution in [1.82, 2.24) is 0 Å². The fourth-order valence-corrected chi connectivity index (χ4v) is 1.07. The molecule has 0 aliphatic rings. The summed E-state index contributed by atoms with van der Waals surface area (Å²) in [5, 5.41) is 10.4. The number of nitro benzene ring substituents is 1. The Morgan fingerprint density at radius 1 is 1.40 bits per heavy atom. The van der Waals surface area contributed by atoms with Crippen LogP contribution in [-0.4, -0.2) is 18.3 Å². The molecule has 0 saturated heterocycles. The Hall–Kier alpha value is -2.17. The number of hydrogen-bond acceptors (Lipinski definition) is 4. The molecule has 1 aromatic carbocycles. The number of hydrogen-bond donors (Lipinski definition) is 0. The third kappa shape index (κ3) is 2.63. The van der Waals surface area contributed by atoms with E-state index in [9.17, 15) is 14.9 Å². The van der Waals surface area contributed by atoms with Gasteiger partial charge in [-0.25, -0.2) is 0 Å². The number of carbonyl (C=O) groups excluding carboxylic acids is 1. The molecule has 1 aromatic rings. The van der Waals surface area contributed by atoms with Crippen molar-refractivity contribution in [3.8, 4) is 0 Å². The van der Waals surface area contributed by atoms with E-state index in [1.807, 2.05) is 0 Å². The summed E-state index contributed by atoms with van der Waals surface area (Å²) >= 11 is 0. The fraction of sp³-hybridized carbons (Fsp3) is 0.100. The van der Waals surface area contributed by atoms with Crippen LogP contribution in [0.15, 0.2) is 30.5 Å². The van der Waals surface area contributed by atoms with E-state index < -0.39 is 4.92 Å². The van der Waals surface area contributed by atoms with E-state index in [1.54, 1.807) is 0 Å². The van der Waals surface area contributed by atoms with Crippen LogP contribution in [0.1, 0.15) is 5.56 Å². The molecule has 0 N–H and O–H groups in total. The average Bonchev–Trinajstić information content (AvgIpc) is 2.26. The molecule has 5 heteroatoms. The minimum atomic E-state index is -0.496. The van der Waals surface area contributed by atoms with Crippen LogP contribution in [-0.2, 0) is 9.53 Å². The smallest absolute Gasteiger partial charge is 0.269 e. The second-order valence-electron chi connectivity index (χ2n) is 2.73. The maximum Gasteiger partial charge on any atom is 0.269 e. The van der Waals surface area contributed by atoms with Crippen LogP contribution in [0.3, 0.4) is 0 Å². The zero-order valence-corrected chi connectivity index (χ0v) is 8.04. The molecule has 0 aliphatic heterocycles. The second-order valence-corrected chi connectivity index (χ2v) is 2.73. The number of methoxy groups -OCH3 is 1.